The summed E-state index contributed by atoms with van der Waals surface area (Å²) in [6, 6.07) is 1.38. The summed E-state index contributed by atoms with van der Waals surface area (Å²) in [4.78, 5) is 0. The topological polar surface area (TPSA) is 0 Å². The van der Waals surface area contributed by atoms with Crippen LogP contribution < -0.4 is 0 Å². The van der Waals surface area contributed by atoms with E-state index < -0.39 is 0 Å². The van der Waals surface area contributed by atoms with Crippen molar-refractivity contribution in [2.24, 2.45) is 0 Å². The van der Waals surface area contributed by atoms with Gasteiger partial charge in [0, 0.05) is 9.52 Å². The first-order valence-electron chi connectivity index (χ1n) is 2.63. The minimum Gasteiger partial charge on any atom is -0.179 e. The molecule has 0 aromatic rings. The Labute approximate surface area is 53.2 Å². The van der Waals surface area contributed by atoms with Crippen LogP contribution in [0.3, 0.4) is 0 Å². The maximum Gasteiger partial charge on any atom is 0.0446 e. The fraction of sp³-hybridized carbons (Fsp3) is 0.600. The molecule has 0 N–H and O–H groups in total. The van der Waals surface area contributed by atoms with Gasteiger partial charge in [-0.15, -0.1) is 12.3 Å². The zero-order valence-electron chi connectivity index (χ0n) is 4.56. The summed E-state index contributed by atoms with van der Waals surface area (Å²) in [6.07, 6.45) is 1.28. The standard InChI is InChI=1S/C5H12SSi/c1-2-7-5-3-4-6/h2,6H,1,3-5,7H2. The van der Waals surface area contributed by atoms with E-state index in [1.54, 1.807) is 0 Å². The molecule has 0 spiro atoms. The van der Waals surface area contributed by atoms with Crippen LogP contribution in [0.15, 0.2) is 12.3 Å². The van der Waals surface area contributed by atoms with E-state index >= 15 is 0 Å². The summed E-state index contributed by atoms with van der Waals surface area (Å²) in [5.41, 5.74) is 2.09. The molecule has 42 valence electrons. The molecule has 0 rings (SSSR count). The number of rotatable bonds is 4. The van der Waals surface area contributed by atoms with Crippen molar-refractivity contribution in [3.63, 3.8) is 0 Å². The van der Waals surface area contributed by atoms with Crippen LogP contribution in [0.5, 0.6) is 0 Å². The predicted molar refractivity (Wildman–Crippen MR) is 42.0 cm³/mol. The van der Waals surface area contributed by atoms with E-state index in [-0.39, 0.29) is 9.52 Å². The molecule has 0 saturated carbocycles. The highest BCUT2D eigenvalue weighted by Gasteiger charge is 1.79. The molecule has 0 heterocycles. The number of thiol groups is 1. The Morgan fingerprint density at radius 2 is 2.43 bits per heavy atom. The SMILES string of the molecule is C=C[SiH2]CCCS. The molecule has 0 saturated heterocycles. The van der Waals surface area contributed by atoms with E-state index in [9.17, 15) is 0 Å². The van der Waals surface area contributed by atoms with Crippen molar-refractivity contribution >= 4 is 22.1 Å². The molecule has 2 heteroatoms. The highest BCUT2D eigenvalue weighted by molar-refractivity contribution is 7.80. The fourth-order valence-corrected chi connectivity index (χ4v) is 1.87. The van der Waals surface area contributed by atoms with Crippen molar-refractivity contribution in [2.75, 3.05) is 5.75 Å². The maximum absolute atomic E-state index is 4.08. The molecule has 0 amide bonds. The van der Waals surface area contributed by atoms with Crippen LogP contribution >= 0.6 is 12.6 Å². The van der Waals surface area contributed by atoms with Crippen LogP contribution in [-0.2, 0) is 0 Å². The first kappa shape index (κ1) is 7.31. The van der Waals surface area contributed by atoms with Crippen molar-refractivity contribution in [1.29, 1.82) is 0 Å². The van der Waals surface area contributed by atoms with Crippen molar-refractivity contribution in [1.82, 2.24) is 0 Å². The highest BCUT2D eigenvalue weighted by Crippen LogP contribution is 1.89. The molecule has 0 radical (unpaired) electrons. The Bertz CT molecular complexity index is 45.3. The van der Waals surface area contributed by atoms with Gasteiger partial charge in [-0.25, -0.2) is 0 Å². The molecule has 0 aromatic heterocycles. The first-order chi connectivity index (χ1) is 3.41. The molecule has 7 heavy (non-hydrogen) atoms. The van der Waals surface area contributed by atoms with Crippen LogP contribution in [0, 0.1) is 0 Å². The van der Waals surface area contributed by atoms with Gasteiger partial charge >= 0.3 is 0 Å². The lowest BCUT2D eigenvalue weighted by Gasteiger charge is -1.86. The van der Waals surface area contributed by atoms with Crippen LogP contribution in [0.2, 0.25) is 6.04 Å². The highest BCUT2D eigenvalue weighted by atomic mass is 32.1. The lowest BCUT2D eigenvalue weighted by atomic mass is 10.6. The van der Waals surface area contributed by atoms with E-state index in [0.29, 0.717) is 0 Å². The van der Waals surface area contributed by atoms with Crippen molar-refractivity contribution < 1.29 is 0 Å². The third-order valence-corrected chi connectivity index (χ3v) is 2.45. The molecule has 0 nitrogen and oxygen atoms in total. The zero-order chi connectivity index (χ0) is 5.54. The van der Waals surface area contributed by atoms with Gasteiger partial charge in [0.1, 0.15) is 0 Å². The number of hydrogen-bond donors (Lipinski definition) is 1. The van der Waals surface area contributed by atoms with Crippen LogP contribution in [0.1, 0.15) is 6.42 Å². The summed E-state index contributed by atoms with van der Waals surface area (Å²) < 4.78 is 0. The second kappa shape index (κ2) is 6.31. The Morgan fingerprint density at radius 3 is 2.86 bits per heavy atom. The Balaban J connectivity index is 2.56. The smallest absolute Gasteiger partial charge is 0.0446 e. The molecule has 0 fully saturated rings. The average Bonchev–Trinajstić information content (AvgIpc) is 1.69. The summed E-state index contributed by atoms with van der Waals surface area (Å²) >= 11 is 4.08. The van der Waals surface area contributed by atoms with Gasteiger partial charge in [0.05, 0.1) is 0 Å². The molecule has 0 aromatic carbocycles. The van der Waals surface area contributed by atoms with Gasteiger partial charge in [0.2, 0.25) is 0 Å². The molecule has 0 bridgehead atoms. The summed E-state index contributed by atoms with van der Waals surface area (Å²) in [7, 11) is 0.126. The third kappa shape index (κ3) is 6.31. The normalized spacial score (nSPS) is 10.4. The molecular weight excluding hydrogens is 120 g/mol. The maximum atomic E-state index is 4.08. The minimum atomic E-state index is 0.126. The summed E-state index contributed by atoms with van der Waals surface area (Å²) in [6.45, 7) is 3.67. The van der Waals surface area contributed by atoms with E-state index in [1.807, 2.05) is 0 Å². The predicted octanol–water partition coefficient (Wildman–Crippen LogP) is 1.04. The minimum absolute atomic E-state index is 0.126. The van der Waals surface area contributed by atoms with E-state index in [0.717, 1.165) is 5.75 Å². The van der Waals surface area contributed by atoms with Gasteiger partial charge in [0.25, 0.3) is 0 Å². The second-order valence-electron chi connectivity index (χ2n) is 1.51. The Morgan fingerprint density at radius 1 is 1.71 bits per heavy atom. The van der Waals surface area contributed by atoms with Crippen LogP contribution in [0.4, 0.5) is 0 Å². The van der Waals surface area contributed by atoms with Crippen LogP contribution in [0.25, 0.3) is 0 Å². The van der Waals surface area contributed by atoms with Gasteiger partial charge in [-0.1, -0.05) is 6.04 Å². The molecule has 0 atom stereocenters. The monoisotopic (exact) mass is 132 g/mol. The molecule has 0 aliphatic heterocycles. The van der Waals surface area contributed by atoms with Gasteiger partial charge in [0.15, 0.2) is 0 Å². The quantitative estimate of drug-likeness (QED) is 0.330. The van der Waals surface area contributed by atoms with Crippen molar-refractivity contribution in [3.8, 4) is 0 Å². The van der Waals surface area contributed by atoms with E-state index in [1.165, 1.54) is 12.5 Å². The van der Waals surface area contributed by atoms with Gasteiger partial charge < -0.3 is 0 Å². The lowest BCUT2D eigenvalue weighted by molar-refractivity contribution is 1.10. The van der Waals surface area contributed by atoms with E-state index in [2.05, 4.69) is 24.9 Å². The lowest BCUT2D eigenvalue weighted by Crippen LogP contribution is -1.82. The second-order valence-corrected chi connectivity index (χ2v) is 3.82. The first-order valence-corrected chi connectivity index (χ1v) is 5.08. The average molecular weight is 132 g/mol. The zero-order valence-corrected chi connectivity index (χ0v) is 6.87. The van der Waals surface area contributed by atoms with Gasteiger partial charge in [-0.3, -0.25) is 0 Å². The van der Waals surface area contributed by atoms with Crippen LogP contribution in [-0.4, -0.2) is 15.3 Å². The van der Waals surface area contributed by atoms with E-state index in [4.69, 9.17) is 0 Å². The summed E-state index contributed by atoms with van der Waals surface area (Å²) in [5.74, 6) is 1.04. The van der Waals surface area contributed by atoms with Crippen molar-refractivity contribution in [2.45, 2.75) is 12.5 Å². The number of hydrogen-bond acceptors (Lipinski definition) is 1. The fourth-order valence-electron chi connectivity index (χ4n) is 0.400. The summed E-state index contributed by atoms with van der Waals surface area (Å²) in [5, 5.41) is 0. The van der Waals surface area contributed by atoms with Crippen molar-refractivity contribution in [3.05, 3.63) is 12.3 Å². The Kier molecular flexibility index (Phi) is 6.58. The van der Waals surface area contributed by atoms with Gasteiger partial charge in [-0.05, 0) is 12.2 Å². The van der Waals surface area contributed by atoms with Gasteiger partial charge in [-0.2, -0.15) is 12.6 Å². The largest absolute Gasteiger partial charge is 0.179 e. The third-order valence-electron chi connectivity index (χ3n) is 0.816. The molecular formula is C5H12SSi. The molecule has 0 aliphatic rings. The molecule has 0 unspecified atom stereocenters. The molecule has 0 aliphatic carbocycles. The Hall–Kier alpha value is 0.307.